The third-order valence-corrected chi connectivity index (χ3v) is 0.834. The van der Waals surface area contributed by atoms with Crippen molar-refractivity contribution in [2.24, 2.45) is 0 Å². The molecule has 2 nitrogen and oxygen atoms in total. The molecule has 1 heterocycles. The first kappa shape index (κ1) is 7.50. The zero-order valence-corrected chi connectivity index (χ0v) is 5.75. The number of rotatable bonds is 0. The summed E-state index contributed by atoms with van der Waals surface area (Å²) in [7, 11) is 0. The van der Waals surface area contributed by atoms with Crippen molar-refractivity contribution >= 4 is 12.4 Å². The summed E-state index contributed by atoms with van der Waals surface area (Å²) < 4.78 is 0. The van der Waals surface area contributed by atoms with Crippen LogP contribution in [0.5, 0.6) is 0 Å². The van der Waals surface area contributed by atoms with Gasteiger partial charge in [0.25, 0.3) is 0 Å². The second kappa shape index (κ2) is 2.72. The second-order valence-electron chi connectivity index (χ2n) is 1.69. The van der Waals surface area contributed by atoms with Crippen LogP contribution in [-0.2, 0) is 0 Å². The van der Waals surface area contributed by atoms with E-state index in [1.54, 1.807) is 0 Å². The molecule has 0 saturated carbocycles. The number of aromatic nitrogens is 2. The first-order chi connectivity index (χ1) is 3.29. The molecule has 1 N–H and O–H groups in total. The maximum Gasteiger partial charge on any atom is 0.0593 e. The molecule has 46 valence electrons. The van der Waals surface area contributed by atoms with Crippen LogP contribution < -0.4 is 0 Å². The fourth-order valence-electron chi connectivity index (χ4n) is 0.554. The number of nitrogens with zero attached hydrogens (tertiary/aromatic N) is 1. The van der Waals surface area contributed by atoms with E-state index < -0.39 is 0 Å². The maximum absolute atomic E-state index is 3.89. The number of H-pyrrole nitrogens is 1. The molecule has 0 fully saturated rings. The molecule has 0 aliphatic heterocycles. The third kappa shape index (κ3) is 1.54. The highest BCUT2D eigenvalue weighted by Crippen LogP contribution is 1.92. The van der Waals surface area contributed by atoms with Crippen molar-refractivity contribution in [2.45, 2.75) is 13.8 Å². The van der Waals surface area contributed by atoms with E-state index in [1.165, 1.54) is 0 Å². The third-order valence-electron chi connectivity index (χ3n) is 0.834. The summed E-state index contributed by atoms with van der Waals surface area (Å²) in [4.78, 5) is 0. The summed E-state index contributed by atoms with van der Waals surface area (Å²) in [6, 6.07) is 2.00. The minimum absolute atomic E-state index is 0. The molecule has 8 heavy (non-hydrogen) atoms. The van der Waals surface area contributed by atoms with Crippen molar-refractivity contribution in [3.8, 4) is 0 Å². The number of nitrogens with one attached hydrogen (secondary N) is 1. The van der Waals surface area contributed by atoms with Crippen LogP contribution >= 0.6 is 12.4 Å². The molecule has 0 atom stereocenters. The molecule has 1 rings (SSSR count). The van der Waals surface area contributed by atoms with Gasteiger partial charge in [-0.2, -0.15) is 5.10 Å². The van der Waals surface area contributed by atoms with Crippen LogP contribution in [0, 0.1) is 13.8 Å². The molecule has 3 heteroatoms. The Morgan fingerprint density at radius 2 is 2.12 bits per heavy atom. The van der Waals surface area contributed by atoms with Crippen molar-refractivity contribution < 1.29 is 0 Å². The summed E-state index contributed by atoms with van der Waals surface area (Å²) in [5, 5.41) is 6.71. The largest absolute Gasteiger partial charge is 0.283 e. The van der Waals surface area contributed by atoms with Gasteiger partial charge in [0, 0.05) is 5.69 Å². The van der Waals surface area contributed by atoms with Gasteiger partial charge in [0.1, 0.15) is 0 Å². The van der Waals surface area contributed by atoms with Gasteiger partial charge in [-0.25, -0.2) is 0 Å². The lowest BCUT2D eigenvalue weighted by atomic mass is 10.4. The summed E-state index contributed by atoms with van der Waals surface area (Å²) >= 11 is 0. The van der Waals surface area contributed by atoms with Crippen LogP contribution in [0.4, 0.5) is 0 Å². The molecule has 0 bridgehead atoms. The SMILES string of the molecule is Cc1cc(C)[nH]n1.Cl. The Labute approximate surface area is 54.7 Å². The van der Waals surface area contributed by atoms with E-state index in [0.717, 1.165) is 11.4 Å². The zero-order valence-electron chi connectivity index (χ0n) is 4.93. The quantitative estimate of drug-likeness (QED) is 0.569. The van der Waals surface area contributed by atoms with E-state index in [2.05, 4.69) is 10.2 Å². The molecule has 0 amide bonds. The predicted molar refractivity (Wildman–Crippen MR) is 35.3 cm³/mol. The van der Waals surface area contributed by atoms with Gasteiger partial charge in [0.15, 0.2) is 0 Å². The lowest BCUT2D eigenvalue weighted by molar-refractivity contribution is 1.02. The van der Waals surface area contributed by atoms with Gasteiger partial charge in [0.2, 0.25) is 0 Å². The van der Waals surface area contributed by atoms with E-state index >= 15 is 0 Å². The van der Waals surface area contributed by atoms with Gasteiger partial charge < -0.3 is 0 Å². The Balaban J connectivity index is 0.000000490. The molecule has 0 saturated heterocycles. The van der Waals surface area contributed by atoms with Crippen LogP contribution in [0.1, 0.15) is 11.4 Å². The van der Waals surface area contributed by atoms with E-state index in [4.69, 9.17) is 0 Å². The molecule has 0 aliphatic carbocycles. The number of hydrogen-bond acceptors (Lipinski definition) is 1. The van der Waals surface area contributed by atoms with Gasteiger partial charge >= 0.3 is 0 Å². The smallest absolute Gasteiger partial charge is 0.0593 e. The molecule has 1 aromatic rings. The Kier molecular flexibility index (Phi) is 2.55. The Morgan fingerprint density at radius 1 is 1.50 bits per heavy atom. The minimum atomic E-state index is 0. The highest BCUT2D eigenvalue weighted by molar-refractivity contribution is 5.85. The van der Waals surface area contributed by atoms with Crippen molar-refractivity contribution in [3.05, 3.63) is 17.5 Å². The van der Waals surface area contributed by atoms with Gasteiger partial charge in [0.05, 0.1) is 5.69 Å². The van der Waals surface area contributed by atoms with E-state index in [1.807, 2.05) is 19.9 Å². The monoisotopic (exact) mass is 132 g/mol. The van der Waals surface area contributed by atoms with Crippen molar-refractivity contribution in [2.75, 3.05) is 0 Å². The minimum Gasteiger partial charge on any atom is -0.283 e. The van der Waals surface area contributed by atoms with E-state index in [-0.39, 0.29) is 12.4 Å². The van der Waals surface area contributed by atoms with Crippen LogP contribution in [0.2, 0.25) is 0 Å². The summed E-state index contributed by atoms with van der Waals surface area (Å²) in [6.45, 7) is 3.95. The molecular formula is C5H9ClN2. The lowest BCUT2D eigenvalue weighted by Crippen LogP contribution is -1.68. The Bertz CT molecular complexity index is 143. The Morgan fingerprint density at radius 3 is 2.25 bits per heavy atom. The lowest BCUT2D eigenvalue weighted by Gasteiger charge is -1.68. The zero-order chi connectivity index (χ0) is 5.28. The van der Waals surface area contributed by atoms with Crippen molar-refractivity contribution in [1.82, 2.24) is 10.2 Å². The first-order valence-corrected chi connectivity index (χ1v) is 2.27. The number of aryl methyl sites for hydroxylation is 2. The van der Waals surface area contributed by atoms with Crippen LogP contribution in [0.25, 0.3) is 0 Å². The maximum atomic E-state index is 3.89. The van der Waals surface area contributed by atoms with Crippen molar-refractivity contribution in [1.29, 1.82) is 0 Å². The number of aromatic amines is 1. The fraction of sp³-hybridized carbons (Fsp3) is 0.400. The highest BCUT2D eigenvalue weighted by Gasteiger charge is 1.84. The first-order valence-electron chi connectivity index (χ1n) is 2.27. The molecule has 0 radical (unpaired) electrons. The summed E-state index contributed by atoms with van der Waals surface area (Å²) in [6.07, 6.45) is 0. The second-order valence-corrected chi connectivity index (χ2v) is 1.69. The van der Waals surface area contributed by atoms with Crippen LogP contribution in [0.15, 0.2) is 6.07 Å². The van der Waals surface area contributed by atoms with Gasteiger partial charge in [-0.1, -0.05) is 0 Å². The molecule has 0 unspecified atom stereocenters. The van der Waals surface area contributed by atoms with Crippen LogP contribution in [-0.4, -0.2) is 10.2 Å². The number of hydrogen-bond donors (Lipinski definition) is 1. The molecule has 0 aromatic carbocycles. The van der Waals surface area contributed by atoms with E-state index in [9.17, 15) is 0 Å². The summed E-state index contributed by atoms with van der Waals surface area (Å²) in [5.41, 5.74) is 2.18. The molecule has 0 aliphatic rings. The standard InChI is InChI=1S/C5H8N2.ClH/c1-4-3-5(2)7-6-4;/h3H,1-2H3,(H,6,7);1H. The topological polar surface area (TPSA) is 28.7 Å². The van der Waals surface area contributed by atoms with Crippen LogP contribution in [0.3, 0.4) is 0 Å². The van der Waals surface area contributed by atoms with Gasteiger partial charge in [-0.05, 0) is 19.9 Å². The molecule has 1 aromatic heterocycles. The predicted octanol–water partition coefficient (Wildman–Crippen LogP) is 1.45. The average molecular weight is 133 g/mol. The summed E-state index contributed by atoms with van der Waals surface area (Å²) in [5.74, 6) is 0. The van der Waals surface area contributed by atoms with Crippen molar-refractivity contribution in [3.63, 3.8) is 0 Å². The molecule has 0 spiro atoms. The van der Waals surface area contributed by atoms with E-state index in [0.29, 0.717) is 0 Å². The van der Waals surface area contributed by atoms with Gasteiger partial charge in [-0.3, -0.25) is 5.10 Å². The fourth-order valence-corrected chi connectivity index (χ4v) is 0.554. The average Bonchev–Trinajstić information content (AvgIpc) is 1.87. The molecular weight excluding hydrogens is 124 g/mol. The normalized spacial score (nSPS) is 8.25. The number of halogens is 1. The Hall–Kier alpha value is -0.500. The van der Waals surface area contributed by atoms with Gasteiger partial charge in [-0.15, -0.1) is 12.4 Å². The highest BCUT2D eigenvalue weighted by atomic mass is 35.5.